The van der Waals surface area contributed by atoms with Crippen LogP contribution in [0.25, 0.3) is 15.6 Å². The Balaban J connectivity index is 1.34. The maximum atomic E-state index is 13.9. The Morgan fingerprint density at radius 3 is 2.71 bits per heavy atom. The molecule has 11 heteroatoms. The molecule has 1 aromatic heterocycles. The Bertz CT molecular complexity index is 1640. The van der Waals surface area contributed by atoms with Crippen molar-refractivity contribution in [1.82, 2.24) is 19.8 Å². The number of fused-ring (bicyclic) bond motifs is 2. The Hall–Kier alpha value is -3.94. The first kappa shape index (κ1) is 31.1. The summed E-state index contributed by atoms with van der Waals surface area (Å²) in [7, 11) is 4.24. The van der Waals surface area contributed by atoms with Crippen molar-refractivity contribution in [3.05, 3.63) is 76.5 Å². The third kappa shape index (κ3) is 6.29. The summed E-state index contributed by atoms with van der Waals surface area (Å²) >= 11 is 6.70. The molecule has 2 aromatic carbocycles. The Labute approximate surface area is 269 Å². The number of hydrogen-bond acceptors (Lipinski definition) is 7. The number of hydrogen-bond donors (Lipinski definition) is 0. The van der Waals surface area contributed by atoms with Gasteiger partial charge in [0.15, 0.2) is 5.83 Å². The molecule has 0 radical (unpaired) electrons. The van der Waals surface area contributed by atoms with Gasteiger partial charge in [-0.1, -0.05) is 48.9 Å². The number of nitrogens with zero attached hydrogens (tertiary/aromatic N) is 7. The summed E-state index contributed by atoms with van der Waals surface area (Å²) in [6, 6.07) is 12.5. The van der Waals surface area contributed by atoms with Crippen molar-refractivity contribution in [2.24, 2.45) is 5.92 Å². The molecule has 3 heterocycles. The third-order valence-corrected chi connectivity index (χ3v) is 9.80. The zero-order chi connectivity index (χ0) is 31.7. The van der Waals surface area contributed by atoms with E-state index in [0.29, 0.717) is 55.7 Å². The first-order valence-electron chi connectivity index (χ1n) is 15.6. The molecule has 1 saturated heterocycles. The molecule has 45 heavy (non-hydrogen) atoms. The highest BCUT2D eigenvalue weighted by Crippen LogP contribution is 2.37. The van der Waals surface area contributed by atoms with Crippen LogP contribution in [0.1, 0.15) is 30.5 Å². The number of halogens is 2. The highest BCUT2D eigenvalue weighted by Gasteiger charge is 2.37. The summed E-state index contributed by atoms with van der Waals surface area (Å²) in [6.45, 7) is 13.6. The van der Waals surface area contributed by atoms with Gasteiger partial charge in [-0.3, -0.25) is 4.79 Å². The van der Waals surface area contributed by atoms with Gasteiger partial charge in [0, 0.05) is 54.8 Å². The average molecular weight is 632 g/mol. The number of benzene rings is 2. The molecule has 1 amide bonds. The largest absolute Gasteiger partial charge is 0.463 e. The lowest BCUT2D eigenvalue weighted by molar-refractivity contribution is -0.131. The lowest BCUT2D eigenvalue weighted by Gasteiger charge is -2.41. The van der Waals surface area contributed by atoms with Gasteiger partial charge in [0.1, 0.15) is 11.9 Å². The Morgan fingerprint density at radius 1 is 1.16 bits per heavy atom. The van der Waals surface area contributed by atoms with Gasteiger partial charge in [0.2, 0.25) is 6.54 Å². The quantitative estimate of drug-likeness (QED) is 0.244. The Morgan fingerprint density at radius 2 is 1.96 bits per heavy atom. The normalized spacial score (nSPS) is 21.6. The van der Waals surface area contributed by atoms with Crippen LogP contribution in [-0.4, -0.2) is 91.2 Å². The minimum Gasteiger partial charge on any atom is -0.463 e. The van der Waals surface area contributed by atoms with Crippen LogP contribution in [-0.2, 0) is 17.8 Å². The molecule has 0 spiro atoms. The van der Waals surface area contributed by atoms with Crippen molar-refractivity contribution < 1.29 is 13.9 Å². The molecule has 3 atom stereocenters. The maximum Gasteiger partial charge on any atom is 0.318 e. The lowest BCUT2D eigenvalue weighted by Crippen LogP contribution is -2.57. The number of rotatable bonds is 8. The number of carbonyl (C=O) groups excluding carboxylic acids is 1. The fourth-order valence-corrected chi connectivity index (χ4v) is 7.54. The van der Waals surface area contributed by atoms with Crippen molar-refractivity contribution in [3.8, 4) is 6.01 Å². The summed E-state index contributed by atoms with van der Waals surface area (Å²) in [5, 5.41) is 2.81. The smallest absolute Gasteiger partial charge is 0.318 e. The molecule has 2 aliphatic heterocycles. The zero-order valence-electron chi connectivity index (χ0n) is 25.9. The summed E-state index contributed by atoms with van der Waals surface area (Å²) in [6.07, 6.45) is 4.12. The van der Waals surface area contributed by atoms with Gasteiger partial charge in [0.05, 0.1) is 23.9 Å². The zero-order valence-corrected chi connectivity index (χ0v) is 26.6. The van der Waals surface area contributed by atoms with E-state index >= 15 is 0 Å². The van der Waals surface area contributed by atoms with E-state index in [-0.39, 0.29) is 13.1 Å². The Kier molecular flexibility index (Phi) is 9.11. The van der Waals surface area contributed by atoms with Crippen molar-refractivity contribution >= 4 is 39.8 Å². The average Bonchev–Trinajstić information content (AvgIpc) is 3.52. The topological polar surface area (TPSA) is 69.4 Å². The van der Waals surface area contributed by atoms with Gasteiger partial charge >= 0.3 is 6.01 Å². The van der Waals surface area contributed by atoms with Crippen LogP contribution >= 0.6 is 11.6 Å². The molecule has 3 aromatic rings. The number of amides is 1. The highest BCUT2D eigenvalue weighted by atomic mass is 35.5. The first-order valence-corrected chi connectivity index (χ1v) is 16.0. The van der Waals surface area contributed by atoms with Crippen molar-refractivity contribution in [3.63, 3.8) is 0 Å². The van der Waals surface area contributed by atoms with Gasteiger partial charge < -0.3 is 29.2 Å². The van der Waals surface area contributed by atoms with E-state index < -0.39 is 17.8 Å². The highest BCUT2D eigenvalue weighted by molar-refractivity contribution is 6.36. The molecular weight excluding hydrogens is 593 g/mol. The van der Waals surface area contributed by atoms with Gasteiger partial charge in [-0.25, -0.2) is 11.0 Å². The van der Waals surface area contributed by atoms with Crippen LogP contribution in [0.4, 0.5) is 15.9 Å². The predicted molar refractivity (Wildman–Crippen MR) is 175 cm³/mol. The minimum atomic E-state index is -1.01. The molecule has 236 valence electrons. The molecule has 3 aliphatic rings. The van der Waals surface area contributed by atoms with E-state index in [1.807, 2.05) is 12.1 Å². The SMILES string of the molecule is [C-]#[N+]CC1CN(c2nc(OC[C@H]3CCC[C@@H]3N(C)C)nc3c2CCN(c2cccc4cccc(Cl)c24)C3)CCN1C(=O)C(=C)F. The summed E-state index contributed by atoms with van der Waals surface area (Å²) < 4.78 is 20.2. The van der Waals surface area contributed by atoms with E-state index in [1.54, 1.807) is 0 Å². The third-order valence-electron chi connectivity index (χ3n) is 9.48. The second-order valence-electron chi connectivity index (χ2n) is 12.4. The van der Waals surface area contributed by atoms with Crippen LogP contribution in [0.5, 0.6) is 6.01 Å². The lowest BCUT2D eigenvalue weighted by atomic mass is 10.0. The summed E-state index contributed by atoms with van der Waals surface area (Å²) in [5.41, 5.74) is 2.98. The van der Waals surface area contributed by atoms with Gasteiger partial charge in [-0.2, -0.15) is 9.97 Å². The molecule has 2 fully saturated rings. The fraction of sp³-hybridized carbons (Fsp3) is 0.471. The van der Waals surface area contributed by atoms with Gasteiger partial charge in [0.25, 0.3) is 5.91 Å². The van der Waals surface area contributed by atoms with Crippen LogP contribution in [0, 0.1) is 12.5 Å². The molecule has 1 saturated carbocycles. The van der Waals surface area contributed by atoms with Crippen molar-refractivity contribution in [1.29, 1.82) is 0 Å². The van der Waals surface area contributed by atoms with Crippen LogP contribution in [0.15, 0.2) is 48.8 Å². The number of aromatic nitrogens is 2. The van der Waals surface area contributed by atoms with Crippen LogP contribution in [0.3, 0.4) is 0 Å². The van der Waals surface area contributed by atoms with Crippen LogP contribution in [0.2, 0.25) is 5.02 Å². The van der Waals surface area contributed by atoms with Crippen molar-refractivity contribution in [2.45, 2.75) is 44.3 Å². The van der Waals surface area contributed by atoms with E-state index in [9.17, 15) is 9.18 Å². The second kappa shape index (κ2) is 13.2. The number of piperazine rings is 1. The van der Waals surface area contributed by atoms with Gasteiger partial charge in [-0.05, 0) is 50.9 Å². The molecule has 1 aliphatic carbocycles. The van der Waals surface area contributed by atoms with E-state index in [0.717, 1.165) is 52.9 Å². The minimum absolute atomic E-state index is 0.0649. The maximum absolute atomic E-state index is 13.9. The molecule has 0 bridgehead atoms. The number of carbonyl (C=O) groups is 1. The van der Waals surface area contributed by atoms with E-state index in [4.69, 9.17) is 32.9 Å². The molecular formula is C34H39ClFN7O2. The molecule has 0 N–H and O–H groups in total. The number of anilines is 2. The predicted octanol–water partition coefficient (Wildman–Crippen LogP) is 5.37. The first-order chi connectivity index (χ1) is 21.7. The number of ether oxygens (including phenoxy) is 1. The molecule has 9 nitrogen and oxygen atoms in total. The monoisotopic (exact) mass is 631 g/mol. The summed E-state index contributed by atoms with van der Waals surface area (Å²) in [4.78, 5) is 34.2. The van der Waals surface area contributed by atoms with Crippen LogP contribution < -0.4 is 14.5 Å². The molecule has 1 unspecified atom stereocenters. The molecule has 6 rings (SSSR count). The summed E-state index contributed by atoms with van der Waals surface area (Å²) in [5.74, 6) is -0.607. The van der Waals surface area contributed by atoms with E-state index in [2.05, 4.69) is 64.5 Å². The van der Waals surface area contributed by atoms with Crippen molar-refractivity contribution in [2.75, 3.05) is 63.2 Å². The fourth-order valence-electron chi connectivity index (χ4n) is 7.27. The standard InChI is InChI=1S/C34H39ClFN7O2/c1-22(36)33(44)43-17-16-42(19-25(43)18-37-2)32-26-14-15-41(30-13-6-9-23-8-5-11-27(35)31(23)30)20-28(26)38-34(39-32)45-21-24-10-7-12-29(24)40(3)4/h5-6,8-9,11,13,24-25,29H,1,7,10,12,14-21H2,3-4H3/t24-,25?,29+/m1/s1. The van der Waals surface area contributed by atoms with Gasteiger partial charge in [-0.15, -0.1) is 0 Å². The second-order valence-corrected chi connectivity index (χ2v) is 12.8. The van der Waals surface area contributed by atoms with E-state index in [1.165, 1.54) is 11.3 Å².